The molecule has 1 aliphatic rings. The van der Waals surface area contributed by atoms with Gasteiger partial charge in [-0.2, -0.15) is 0 Å². The molecular weight excluding hydrogens is 406 g/mol. The SMILES string of the molecule is O=C(c1ccccc1)c1ccc2nc(SCc3ccccc3N3CCOCC3)[nH]c2c1. The number of hydrogen-bond acceptors (Lipinski definition) is 5. The molecule has 0 unspecified atom stereocenters. The molecule has 3 aromatic carbocycles. The first kappa shape index (κ1) is 19.8. The molecule has 0 bridgehead atoms. The van der Waals surface area contributed by atoms with E-state index in [9.17, 15) is 4.79 Å². The summed E-state index contributed by atoms with van der Waals surface area (Å²) in [7, 11) is 0. The summed E-state index contributed by atoms with van der Waals surface area (Å²) in [6.07, 6.45) is 0. The van der Waals surface area contributed by atoms with Crippen LogP contribution >= 0.6 is 11.8 Å². The monoisotopic (exact) mass is 429 g/mol. The largest absolute Gasteiger partial charge is 0.378 e. The maximum absolute atomic E-state index is 12.7. The Hall–Kier alpha value is -3.09. The van der Waals surface area contributed by atoms with E-state index in [-0.39, 0.29) is 5.78 Å². The van der Waals surface area contributed by atoms with Crippen molar-refractivity contribution in [1.29, 1.82) is 0 Å². The number of para-hydroxylation sites is 1. The van der Waals surface area contributed by atoms with E-state index in [1.807, 2.05) is 48.5 Å². The number of carbonyl (C=O) groups is 1. The van der Waals surface area contributed by atoms with Crippen molar-refractivity contribution in [2.45, 2.75) is 10.9 Å². The van der Waals surface area contributed by atoms with Crippen molar-refractivity contribution in [3.63, 3.8) is 0 Å². The minimum atomic E-state index is 0.0192. The van der Waals surface area contributed by atoms with Crippen molar-refractivity contribution in [3.8, 4) is 0 Å². The lowest BCUT2D eigenvalue weighted by atomic mass is 10.0. The third-order valence-electron chi connectivity index (χ3n) is 5.47. The maximum Gasteiger partial charge on any atom is 0.193 e. The number of nitrogens with zero attached hydrogens (tertiary/aromatic N) is 2. The maximum atomic E-state index is 12.7. The number of aromatic nitrogens is 2. The van der Waals surface area contributed by atoms with E-state index in [0.29, 0.717) is 11.1 Å². The summed E-state index contributed by atoms with van der Waals surface area (Å²) in [6, 6.07) is 23.5. The van der Waals surface area contributed by atoms with Crippen LogP contribution in [0.1, 0.15) is 21.5 Å². The third kappa shape index (κ3) is 4.36. The van der Waals surface area contributed by atoms with Gasteiger partial charge in [0.2, 0.25) is 0 Å². The zero-order valence-electron chi connectivity index (χ0n) is 17.1. The van der Waals surface area contributed by atoms with Crippen molar-refractivity contribution in [2.24, 2.45) is 0 Å². The molecule has 0 atom stereocenters. The Morgan fingerprint density at radius 2 is 1.74 bits per heavy atom. The Morgan fingerprint density at radius 3 is 2.58 bits per heavy atom. The molecule has 6 heteroatoms. The van der Waals surface area contributed by atoms with Crippen molar-refractivity contribution in [3.05, 3.63) is 89.5 Å². The van der Waals surface area contributed by atoms with Crippen LogP contribution in [0.2, 0.25) is 0 Å². The number of aromatic amines is 1. The Labute approximate surface area is 185 Å². The van der Waals surface area contributed by atoms with Gasteiger partial charge in [0.1, 0.15) is 0 Å². The molecule has 31 heavy (non-hydrogen) atoms. The number of rotatable bonds is 6. The van der Waals surface area contributed by atoms with E-state index >= 15 is 0 Å². The Kier molecular flexibility index (Phi) is 5.74. The standard InChI is InChI=1S/C25H23N3O2S/c29-24(18-6-2-1-3-7-18)19-10-11-21-22(16-19)27-25(26-21)31-17-20-8-4-5-9-23(20)28-12-14-30-15-13-28/h1-11,16H,12-15,17H2,(H,26,27). The average molecular weight is 430 g/mol. The summed E-state index contributed by atoms with van der Waals surface area (Å²) in [5.41, 5.74) is 5.66. The lowest BCUT2D eigenvalue weighted by Crippen LogP contribution is -2.36. The van der Waals surface area contributed by atoms with Crippen LogP contribution in [0.25, 0.3) is 11.0 Å². The highest BCUT2D eigenvalue weighted by Gasteiger charge is 2.15. The molecule has 156 valence electrons. The number of imidazole rings is 1. The number of benzene rings is 3. The lowest BCUT2D eigenvalue weighted by Gasteiger charge is -2.30. The summed E-state index contributed by atoms with van der Waals surface area (Å²) >= 11 is 1.68. The highest BCUT2D eigenvalue weighted by Crippen LogP contribution is 2.29. The van der Waals surface area contributed by atoms with E-state index < -0.39 is 0 Å². The van der Waals surface area contributed by atoms with Crippen molar-refractivity contribution < 1.29 is 9.53 Å². The van der Waals surface area contributed by atoms with Gasteiger partial charge in [0.05, 0.1) is 24.2 Å². The van der Waals surface area contributed by atoms with Gasteiger partial charge >= 0.3 is 0 Å². The van der Waals surface area contributed by atoms with E-state index in [1.54, 1.807) is 11.8 Å². The Balaban J connectivity index is 1.33. The van der Waals surface area contributed by atoms with Crippen LogP contribution in [0.5, 0.6) is 0 Å². The van der Waals surface area contributed by atoms with Gasteiger partial charge < -0.3 is 14.6 Å². The van der Waals surface area contributed by atoms with Gasteiger partial charge in [0.25, 0.3) is 0 Å². The minimum Gasteiger partial charge on any atom is -0.378 e. The predicted octanol–water partition coefficient (Wildman–Crippen LogP) is 4.92. The molecule has 0 saturated carbocycles. The molecular formula is C25H23N3O2S. The first-order chi connectivity index (χ1) is 15.3. The summed E-state index contributed by atoms with van der Waals surface area (Å²) in [4.78, 5) is 23.2. The van der Waals surface area contributed by atoms with Gasteiger partial charge in [0, 0.05) is 35.7 Å². The summed E-state index contributed by atoms with van der Waals surface area (Å²) in [5, 5.41) is 0.857. The normalized spacial score (nSPS) is 14.1. The van der Waals surface area contributed by atoms with Crippen LogP contribution in [0.15, 0.2) is 78.0 Å². The fraction of sp³-hybridized carbons (Fsp3) is 0.200. The number of thioether (sulfide) groups is 1. The number of ketones is 1. The van der Waals surface area contributed by atoms with Gasteiger partial charge in [-0.05, 0) is 29.8 Å². The van der Waals surface area contributed by atoms with Crippen LogP contribution in [-0.4, -0.2) is 42.1 Å². The number of morpholine rings is 1. The molecule has 5 nitrogen and oxygen atoms in total. The van der Waals surface area contributed by atoms with Crippen LogP contribution in [0.3, 0.4) is 0 Å². The van der Waals surface area contributed by atoms with Crippen LogP contribution < -0.4 is 4.90 Å². The highest BCUT2D eigenvalue weighted by atomic mass is 32.2. The van der Waals surface area contributed by atoms with Crippen LogP contribution in [-0.2, 0) is 10.5 Å². The number of H-pyrrole nitrogens is 1. The predicted molar refractivity (Wildman–Crippen MR) is 125 cm³/mol. The molecule has 0 radical (unpaired) electrons. The number of fused-ring (bicyclic) bond motifs is 1. The number of ether oxygens (including phenoxy) is 1. The fourth-order valence-electron chi connectivity index (χ4n) is 3.84. The smallest absolute Gasteiger partial charge is 0.193 e. The average Bonchev–Trinajstić information content (AvgIpc) is 3.26. The summed E-state index contributed by atoms with van der Waals surface area (Å²) < 4.78 is 5.49. The zero-order chi connectivity index (χ0) is 21.0. The van der Waals surface area contributed by atoms with E-state index in [2.05, 4.69) is 34.1 Å². The first-order valence-electron chi connectivity index (χ1n) is 10.4. The summed E-state index contributed by atoms with van der Waals surface area (Å²) in [5.74, 6) is 0.842. The molecule has 1 aromatic heterocycles. The number of nitrogens with one attached hydrogen (secondary N) is 1. The van der Waals surface area contributed by atoms with Gasteiger partial charge in [0.15, 0.2) is 10.9 Å². The molecule has 4 aromatic rings. The second kappa shape index (κ2) is 8.96. The van der Waals surface area contributed by atoms with Gasteiger partial charge in [-0.25, -0.2) is 4.98 Å². The van der Waals surface area contributed by atoms with Gasteiger partial charge in [-0.15, -0.1) is 0 Å². The van der Waals surface area contributed by atoms with Crippen molar-refractivity contribution in [2.75, 3.05) is 31.2 Å². The lowest BCUT2D eigenvalue weighted by molar-refractivity contribution is 0.103. The summed E-state index contributed by atoms with van der Waals surface area (Å²) in [6.45, 7) is 3.39. The molecule has 0 amide bonds. The number of anilines is 1. The molecule has 1 N–H and O–H groups in total. The molecule has 1 fully saturated rings. The fourth-order valence-corrected chi connectivity index (χ4v) is 4.73. The van der Waals surface area contributed by atoms with E-state index in [1.165, 1.54) is 11.3 Å². The van der Waals surface area contributed by atoms with Crippen molar-refractivity contribution >= 4 is 34.3 Å². The molecule has 2 heterocycles. The molecule has 5 rings (SSSR count). The third-order valence-corrected chi connectivity index (χ3v) is 6.39. The van der Waals surface area contributed by atoms with Gasteiger partial charge in [-0.3, -0.25) is 4.79 Å². The highest BCUT2D eigenvalue weighted by molar-refractivity contribution is 7.98. The van der Waals surface area contributed by atoms with E-state index in [4.69, 9.17) is 9.72 Å². The zero-order valence-corrected chi connectivity index (χ0v) is 17.9. The second-order valence-corrected chi connectivity index (χ2v) is 8.45. The molecule has 0 aliphatic carbocycles. The number of carbonyl (C=O) groups excluding carboxylic acids is 1. The quantitative estimate of drug-likeness (QED) is 0.348. The minimum absolute atomic E-state index is 0.0192. The van der Waals surface area contributed by atoms with Gasteiger partial charge in [-0.1, -0.05) is 60.3 Å². The van der Waals surface area contributed by atoms with Crippen LogP contribution in [0.4, 0.5) is 5.69 Å². The molecule has 1 aliphatic heterocycles. The molecule has 1 saturated heterocycles. The van der Waals surface area contributed by atoms with Crippen LogP contribution in [0, 0.1) is 0 Å². The number of hydrogen-bond donors (Lipinski definition) is 1. The first-order valence-corrected chi connectivity index (χ1v) is 11.4. The van der Waals surface area contributed by atoms with E-state index in [0.717, 1.165) is 48.2 Å². The molecule has 0 spiro atoms. The second-order valence-electron chi connectivity index (χ2n) is 7.49. The Bertz CT molecular complexity index is 1200. The topological polar surface area (TPSA) is 58.2 Å². The van der Waals surface area contributed by atoms with Crippen molar-refractivity contribution in [1.82, 2.24) is 9.97 Å². The Morgan fingerprint density at radius 1 is 0.968 bits per heavy atom.